The molecule has 0 unspecified atom stereocenters. The van der Waals surface area contributed by atoms with Crippen molar-refractivity contribution >= 4 is 21.5 Å². The van der Waals surface area contributed by atoms with Gasteiger partial charge in [-0.3, -0.25) is 4.72 Å². The molecule has 0 amide bonds. The Hall–Kier alpha value is -1.97. The van der Waals surface area contributed by atoms with E-state index in [1.54, 1.807) is 0 Å². The van der Waals surface area contributed by atoms with Crippen molar-refractivity contribution in [3.63, 3.8) is 0 Å². The molecule has 0 aliphatic rings. The van der Waals surface area contributed by atoms with Crippen LogP contribution < -0.4 is 10.5 Å². The first-order chi connectivity index (χ1) is 8.27. The van der Waals surface area contributed by atoms with Gasteiger partial charge in [0, 0.05) is 5.69 Å². The van der Waals surface area contributed by atoms with Crippen LogP contribution in [0.25, 0.3) is 0 Å². The van der Waals surface area contributed by atoms with Crippen molar-refractivity contribution in [2.24, 2.45) is 10.9 Å². The highest BCUT2D eigenvalue weighted by Gasteiger charge is 2.24. The number of oxime groups is 1. The van der Waals surface area contributed by atoms with Crippen LogP contribution in [0.2, 0.25) is 0 Å². The molecule has 0 bridgehead atoms. The van der Waals surface area contributed by atoms with Crippen LogP contribution in [0, 0.1) is 5.82 Å². The minimum atomic E-state index is -4.86. The minimum Gasteiger partial charge on any atom is -0.409 e. The maximum atomic E-state index is 13.2. The summed E-state index contributed by atoms with van der Waals surface area (Å²) in [5.41, 5.74) is 4.36. The molecule has 1 rings (SSSR count). The van der Waals surface area contributed by atoms with Gasteiger partial charge in [0.2, 0.25) is 0 Å². The Morgan fingerprint density at radius 2 is 2.06 bits per heavy atom. The molecule has 1 aromatic rings. The Morgan fingerprint density at radius 1 is 1.44 bits per heavy atom. The standard InChI is InChI=1S/C8H8F3N3O3S/c9-6-2-1-4(3-5(6)7(12)13-15)14-18(16,17)8(10)11/h1-3,8,14-15H,(H2,12,13). The lowest BCUT2D eigenvalue weighted by Gasteiger charge is -2.08. The van der Waals surface area contributed by atoms with Crippen LogP contribution >= 0.6 is 0 Å². The minimum absolute atomic E-state index is 0.335. The molecule has 0 aliphatic heterocycles. The second-order valence-electron chi connectivity index (χ2n) is 3.09. The first-order valence-electron chi connectivity index (χ1n) is 4.35. The number of nitrogens with two attached hydrogens (primary N) is 1. The first-order valence-corrected chi connectivity index (χ1v) is 5.90. The molecule has 6 nitrogen and oxygen atoms in total. The number of benzene rings is 1. The number of alkyl halides is 2. The van der Waals surface area contributed by atoms with Gasteiger partial charge in [-0.2, -0.15) is 8.78 Å². The quantitative estimate of drug-likeness (QED) is 0.330. The van der Waals surface area contributed by atoms with Crippen molar-refractivity contribution < 1.29 is 26.8 Å². The van der Waals surface area contributed by atoms with Crippen LogP contribution in [0.5, 0.6) is 0 Å². The van der Waals surface area contributed by atoms with Gasteiger partial charge in [-0.15, -0.1) is 0 Å². The summed E-state index contributed by atoms with van der Waals surface area (Å²) in [6, 6.07) is 2.53. The zero-order valence-corrected chi connectivity index (χ0v) is 9.46. The van der Waals surface area contributed by atoms with Crippen molar-refractivity contribution in [1.29, 1.82) is 0 Å². The monoisotopic (exact) mass is 283 g/mol. The predicted octanol–water partition coefficient (Wildman–Crippen LogP) is 0.885. The Morgan fingerprint density at radius 3 is 2.56 bits per heavy atom. The third-order valence-corrected chi connectivity index (χ3v) is 2.83. The molecule has 18 heavy (non-hydrogen) atoms. The maximum Gasteiger partial charge on any atom is 0.355 e. The van der Waals surface area contributed by atoms with Gasteiger partial charge in [0.25, 0.3) is 10.0 Å². The van der Waals surface area contributed by atoms with Crippen LogP contribution in [0.15, 0.2) is 23.4 Å². The Kier molecular flexibility index (Phi) is 4.01. The number of amidine groups is 1. The number of nitrogens with one attached hydrogen (secondary N) is 1. The summed E-state index contributed by atoms with van der Waals surface area (Å²) >= 11 is 0. The lowest BCUT2D eigenvalue weighted by molar-refractivity contribution is 0.236. The van der Waals surface area contributed by atoms with E-state index in [2.05, 4.69) is 5.16 Å². The predicted molar refractivity (Wildman–Crippen MR) is 57.5 cm³/mol. The zero-order valence-electron chi connectivity index (χ0n) is 8.64. The summed E-state index contributed by atoms with van der Waals surface area (Å²) in [6.07, 6.45) is 0. The Bertz CT molecular complexity index is 574. The Balaban J connectivity index is 3.15. The molecule has 100 valence electrons. The van der Waals surface area contributed by atoms with Gasteiger partial charge in [-0.1, -0.05) is 5.16 Å². The van der Waals surface area contributed by atoms with Crippen molar-refractivity contribution in [3.05, 3.63) is 29.6 Å². The van der Waals surface area contributed by atoms with E-state index in [4.69, 9.17) is 10.9 Å². The van der Waals surface area contributed by atoms with Crippen molar-refractivity contribution in [2.75, 3.05) is 4.72 Å². The summed E-state index contributed by atoms with van der Waals surface area (Å²) in [5, 5.41) is 10.9. The summed E-state index contributed by atoms with van der Waals surface area (Å²) in [5.74, 6) is -5.15. The molecule has 0 spiro atoms. The summed E-state index contributed by atoms with van der Waals surface area (Å²) < 4.78 is 60.6. The van der Waals surface area contributed by atoms with Gasteiger partial charge in [0.1, 0.15) is 5.82 Å². The smallest absolute Gasteiger partial charge is 0.355 e. The van der Waals surface area contributed by atoms with E-state index in [1.807, 2.05) is 0 Å². The fourth-order valence-electron chi connectivity index (χ4n) is 1.05. The second kappa shape index (κ2) is 5.12. The molecule has 1 aromatic carbocycles. The lowest BCUT2D eigenvalue weighted by atomic mass is 10.2. The third kappa shape index (κ3) is 3.03. The molecule has 0 atom stereocenters. The molecule has 0 fully saturated rings. The van der Waals surface area contributed by atoms with Gasteiger partial charge in [0.15, 0.2) is 5.84 Å². The molecule has 0 aliphatic carbocycles. The molecule has 10 heteroatoms. The number of hydrogen-bond donors (Lipinski definition) is 3. The molecule has 4 N–H and O–H groups in total. The summed E-state index contributed by atoms with van der Waals surface area (Å²) in [7, 11) is -4.86. The van der Waals surface area contributed by atoms with E-state index in [0.717, 1.165) is 18.2 Å². The Labute approximate surface area is 100.0 Å². The van der Waals surface area contributed by atoms with Crippen LogP contribution in [-0.4, -0.2) is 25.2 Å². The lowest BCUT2D eigenvalue weighted by Crippen LogP contribution is -2.21. The second-order valence-corrected chi connectivity index (χ2v) is 4.74. The van der Waals surface area contributed by atoms with Gasteiger partial charge < -0.3 is 10.9 Å². The van der Waals surface area contributed by atoms with E-state index >= 15 is 0 Å². The van der Waals surface area contributed by atoms with Crippen molar-refractivity contribution in [2.45, 2.75) is 5.76 Å². The fraction of sp³-hybridized carbons (Fsp3) is 0.125. The molecule has 0 saturated carbocycles. The highest BCUT2D eigenvalue weighted by molar-refractivity contribution is 7.93. The molecule has 0 radical (unpaired) electrons. The number of sulfonamides is 1. The van der Waals surface area contributed by atoms with Crippen LogP contribution in [0.4, 0.5) is 18.9 Å². The van der Waals surface area contributed by atoms with Gasteiger partial charge in [0.05, 0.1) is 5.56 Å². The van der Waals surface area contributed by atoms with Crippen molar-refractivity contribution in [1.82, 2.24) is 0 Å². The summed E-state index contributed by atoms with van der Waals surface area (Å²) in [6.45, 7) is 0. The first kappa shape index (κ1) is 14.1. The number of rotatable bonds is 4. The SMILES string of the molecule is N/C(=N/O)c1cc(NS(=O)(=O)C(F)F)ccc1F. The normalized spacial score (nSPS) is 12.8. The van der Waals surface area contributed by atoms with E-state index in [0.29, 0.717) is 0 Å². The topological polar surface area (TPSA) is 105 Å². The van der Waals surface area contributed by atoms with Crippen LogP contribution in [0.3, 0.4) is 0 Å². The van der Waals surface area contributed by atoms with E-state index < -0.39 is 33.0 Å². The molecule has 0 saturated heterocycles. The van der Waals surface area contributed by atoms with Crippen molar-refractivity contribution in [3.8, 4) is 0 Å². The molecule has 0 heterocycles. The fourth-order valence-corrected chi connectivity index (χ4v) is 1.59. The van der Waals surface area contributed by atoms with E-state index in [1.165, 1.54) is 4.72 Å². The molecular weight excluding hydrogens is 275 g/mol. The maximum absolute atomic E-state index is 13.2. The number of anilines is 1. The number of halogens is 3. The molecular formula is C8H8F3N3O3S. The third-order valence-electron chi connectivity index (χ3n) is 1.84. The van der Waals surface area contributed by atoms with Gasteiger partial charge in [-0.05, 0) is 18.2 Å². The average molecular weight is 283 g/mol. The molecule has 0 aromatic heterocycles. The zero-order chi connectivity index (χ0) is 13.9. The van der Waals surface area contributed by atoms with Gasteiger partial charge >= 0.3 is 5.76 Å². The highest BCUT2D eigenvalue weighted by atomic mass is 32.2. The average Bonchev–Trinajstić information content (AvgIpc) is 2.30. The largest absolute Gasteiger partial charge is 0.409 e. The van der Waals surface area contributed by atoms with Crippen LogP contribution in [0.1, 0.15) is 5.56 Å². The number of hydrogen-bond acceptors (Lipinski definition) is 4. The number of nitrogens with zero attached hydrogens (tertiary/aromatic N) is 1. The van der Waals surface area contributed by atoms with Gasteiger partial charge in [-0.25, -0.2) is 12.8 Å². The van der Waals surface area contributed by atoms with Crippen LogP contribution in [-0.2, 0) is 10.0 Å². The van der Waals surface area contributed by atoms with E-state index in [9.17, 15) is 21.6 Å². The highest BCUT2D eigenvalue weighted by Crippen LogP contribution is 2.17. The summed E-state index contributed by atoms with van der Waals surface area (Å²) in [4.78, 5) is 0. The van der Waals surface area contributed by atoms with E-state index in [-0.39, 0.29) is 5.69 Å².